The van der Waals surface area contributed by atoms with E-state index in [0.29, 0.717) is 0 Å². The van der Waals surface area contributed by atoms with Gasteiger partial charge in [0.25, 0.3) is 0 Å². The Labute approximate surface area is 279 Å². The maximum Gasteiger partial charge on any atom is 0.327 e. The summed E-state index contributed by atoms with van der Waals surface area (Å²) in [4.78, 5) is 99.0. The van der Waals surface area contributed by atoms with Crippen LogP contribution in [0.3, 0.4) is 0 Å². The van der Waals surface area contributed by atoms with Gasteiger partial charge in [0.05, 0.1) is 0 Å². The summed E-state index contributed by atoms with van der Waals surface area (Å²) in [5, 5.41) is 40.0. The molecule has 5 atom stereocenters. The molecule has 17 heteroatoms. The molecule has 16 nitrogen and oxygen atoms in total. The summed E-state index contributed by atoms with van der Waals surface area (Å²) in [5.74, 6) is -7.96. The van der Waals surface area contributed by atoms with Gasteiger partial charge < -0.3 is 41.9 Å². The van der Waals surface area contributed by atoms with Gasteiger partial charge in [0.1, 0.15) is 30.2 Å². The summed E-state index contributed by atoms with van der Waals surface area (Å²) in [6.07, 6.45) is 3.19. The monoisotopic (exact) mass is 687 g/mol. The number of nitrogens with one attached hydrogen (secondary N) is 5. The van der Waals surface area contributed by atoms with Gasteiger partial charge in [-0.25, -0.2) is 4.79 Å². The van der Waals surface area contributed by atoms with Crippen LogP contribution in [0.5, 0.6) is 0 Å². The highest BCUT2D eigenvalue weighted by Crippen LogP contribution is 2.27. The normalized spacial score (nSPS) is 16.4. The lowest BCUT2D eigenvalue weighted by atomic mass is 9.84. The van der Waals surface area contributed by atoms with Crippen molar-refractivity contribution in [3.05, 3.63) is 0 Å². The molecule has 0 heterocycles. The number of carbonyl (C=O) groups is 8. The van der Waals surface area contributed by atoms with Crippen LogP contribution in [-0.4, -0.2) is 98.7 Å². The van der Waals surface area contributed by atoms with Gasteiger partial charge in [0.2, 0.25) is 29.5 Å². The lowest BCUT2D eigenvalue weighted by Gasteiger charge is -2.29. The van der Waals surface area contributed by atoms with Crippen molar-refractivity contribution < 1.29 is 53.7 Å². The highest BCUT2D eigenvalue weighted by molar-refractivity contribution is 7.80. The molecule has 1 aliphatic rings. The van der Waals surface area contributed by atoms with Crippen molar-refractivity contribution in [3.8, 4) is 0 Å². The van der Waals surface area contributed by atoms with Crippen LogP contribution in [0.1, 0.15) is 91.4 Å². The van der Waals surface area contributed by atoms with Crippen LogP contribution in [0.15, 0.2) is 0 Å². The Morgan fingerprint density at radius 1 is 0.638 bits per heavy atom. The number of amides is 5. The minimum atomic E-state index is -1.45. The number of carboxylic acids is 3. The fraction of sp³-hybridized carbons (Fsp3) is 0.733. The molecule has 0 aromatic heterocycles. The van der Waals surface area contributed by atoms with Gasteiger partial charge in [0, 0.05) is 25.5 Å². The lowest BCUT2D eigenvalue weighted by molar-refractivity contribution is -0.141. The highest BCUT2D eigenvalue weighted by Gasteiger charge is 2.34. The standard InChI is InChI=1S/C30H49N5O11S/c1-16(2)13-21(33-26(41)19(31-17(3)36)9-11-24(37)38)28(43)32-20(10-12-25(39)40)27(42)34-22(14-18-7-5-4-6-8-18)29(44)35-23(15-47)30(45)46/h16,18-23,47H,4-15H2,1-3H3,(H,31,36)(H,32,43)(H,33,41)(H,34,42)(H,35,44)(H,37,38)(H,39,40)(H,45,46)/t19-,20-,21-,22-,23-/m0/s1. The van der Waals surface area contributed by atoms with Gasteiger partial charge >= 0.3 is 17.9 Å². The number of carboxylic acid groups (broad SMARTS) is 3. The van der Waals surface area contributed by atoms with Crippen molar-refractivity contribution in [2.24, 2.45) is 11.8 Å². The quantitative estimate of drug-likeness (QED) is 0.0736. The van der Waals surface area contributed by atoms with Crippen molar-refractivity contribution in [2.75, 3.05) is 5.75 Å². The number of aliphatic carboxylic acids is 3. The van der Waals surface area contributed by atoms with Crippen LogP contribution in [0, 0.1) is 11.8 Å². The van der Waals surface area contributed by atoms with Gasteiger partial charge in [-0.05, 0) is 37.5 Å². The van der Waals surface area contributed by atoms with Crippen LogP contribution < -0.4 is 26.6 Å². The van der Waals surface area contributed by atoms with Gasteiger partial charge in [-0.3, -0.25) is 33.6 Å². The number of carbonyl (C=O) groups excluding carboxylic acids is 5. The van der Waals surface area contributed by atoms with E-state index in [1.165, 1.54) is 0 Å². The second kappa shape index (κ2) is 21.1. The molecule has 1 rings (SSSR count). The largest absolute Gasteiger partial charge is 0.481 e. The molecule has 5 amide bonds. The molecule has 0 aliphatic heterocycles. The van der Waals surface area contributed by atoms with Gasteiger partial charge in [-0.2, -0.15) is 12.6 Å². The topological polar surface area (TPSA) is 257 Å². The van der Waals surface area contributed by atoms with Crippen molar-refractivity contribution in [2.45, 2.75) is 122 Å². The predicted molar refractivity (Wildman–Crippen MR) is 171 cm³/mol. The molecule has 0 bridgehead atoms. The summed E-state index contributed by atoms with van der Waals surface area (Å²) in [6, 6.07) is -6.48. The summed E-state index contributed by atoms with van der Waals surface area (Å²) >= 11 is 3.97. The van der Waals surface area contributed by atoms with Crippen molar-refractivity contribution >= 4 is 60.1 Å². The van der Waals surface area contributed by atoms with E-state index in [1.807, 2.05) is 0 Å². The maximum atomic E-state index is 13.6. The Kier molecular flexibility index (Phi) is 18.4. The zero-order valence-corrected chi connectivity index (χ0v) is 28.0. The molecule has 0 aromatic carbocycles. The lowest BCUT2D eigenvalue weighted by Crippen LogP contribution is -2.59. The SMILES string of the molecule is CC(=O)N[C@@H](CCC(=O)O)C(=O)N[C@@H](CC(C)C)C(=O)N[C@@H](CCC(=O)O)C(=O)N[C@@H](CC1CCCCC1)C(=O)N[C@@H](CS)C(=O)O. The molecule has 1 aliphatic carbocycles. The second-order valence-corrected chi connectivity index (χ2v) is 12.6. The molecular formula is C30H49N5O11S. The van der Waals surface area contributed by atoms with E-state index in [9.17, 15) is 48.6 Å². The van der Waals surface area contributed by atoms with E-state index in [2.05, 4.69) is 39.2 Å². The molecular weight excluding hydrogens is 638 g/mol. The molecule has 266 valence electrons. The van der Waals surface area contributed by atoms with Gasteiger partial charge in [-0.15, -0.1) is 0 Å². The zero-order valence-electron chi connectivity index (χ0n) is 27.1. The average molecular weight is 688 g/mol. The fourth-order valence-electron chi connectivity index (χ4n) is 5.28. The summed E-state index contributed by atoms with van der Waals surface area (Å²) in [6.45, 7) is 4.67. The van der Waals surface area contributed by atoms with Crippen LogP contribution in [0.4, 0.5) is 0 Å². The predicted octanol–water partition coefficient (Wildman–Crippen LogP) is 0.191. The van der Waals surface area contributed by atoms with E-state index in [-0.39, 0.29) is 43.3 Å². The Hall–Kier alpha value is -3.89. The minimum Gasteiger partial charge on any atom is -0.481 e. The second-order valence-electron chi connectivity index (χ2n) is 12.3. The van der Waals surface area contributed by atoms with Crippen LogP contribution in [0.25, 0.3) is 0 Å². The first-order chi connectivity index (χ1) is 22.0. The molecule has 1 fully saturated rings. The molecule has 1 saturated carbocycles. The number of rotatable bonds is 21. The maximum absolute atomic E-state index is 13.6. The molecule has 0 radical (unpaired) electrons. The van der Waals surface area contributed by atoms with Crippen molar-refractivity contribution in [1.82, 2.24) is 26.6 Å². The van der Waals surface area contributed by atoms with Crippen LogP contribution >= 0.6 is 12.6 Å². The first kappa shape index (κ1) is 41.1. The zero-order chi connectivity index (χ0) is 35.7. The van der Waals surface area contributed by atoms with Crippen LogP contribution in [-0.2, 0) is 38.4 Å². The first-order valence-electron chi connectivity index (χ1n) is 15.8. The third-order valence-electron chi connectivity index (χ3n) is 7.68. The third kappa shape index (κ3) is 16.5. The summed E-state index contributed by atoms with van der Waals surface area (Å²) in [5.41, 5.74) is 0. The Morgan fingerprint density at radius 2 is 1.06 bits per heavy atom. The molecule has 47 heavy (non-hydrogen) atoms. The number of hydrogen-bond acceptors (Lipinski definition) is 9. The average Bonchev–Trinajstić information content (AvgIpc) is 2.98. The van der Waals surface area contributed by atoms with E-state index in [0.717, 1.165) is 39.0 Å². The fourth-order valence-corrected chi connectivity index (χ4v) is 5.53. The van der Waals surface area contributed by atoms with Gasteiger partial charge in [0.15, 0.2) is 0 Å². The third-order valence-corrected chi connectivity index (χ3v) is 8.05. The highest BCUT2D eigenvalue weighted by atomic mass is 32.1. The Bertz CT molecular complexity index is 1130. The number of thiol groups is 1. The first-order valence-corrected chi connectivity index (χ1v) is 16.4. The molecule has 0 saturated heterocycles. The van der Waals surface area contributed by atoms with Crippen molar-refractivity contribution in [3.63, 3.8) is 0 Å². The van der Waals surface area contributed by atoms with E-state index < -0.39 is 90.5 Å². The van der Waals surface area contributed by atoms with E-state index >= 15 is 0 Å². The molecule has 0 aromatic rings. The smallest absolute Gasteiger partial charge is 0.327 e. The van der Waals surface area contributed by atoms with E-state index in [4.69, 9.17) is 5.11 Å². The van der Waals surface area contributed by atoms with E-state index in [1.54, 1.807) is 13.8 Å². The molecule has 0 unspecified atom stereocenters. The molecule has 8 N–H and O–H groups in total. The Morgan fingerprint density at radius 3 is 1.51 bits per heavy atom. The summed E-state index contributed by atoms with van der Waals surface area (Å²) < 4.78 is 0. The summed E-state index contributed by atoms with van der Waals surface area (Å²) in [7, 11) is 0. The van der Waals surface area contributed by atoms with Crippen molar-refractivity contribution in [1.29, 1.82) is 0 Å². The minimum absolute atomic E-state index is 0.0643. The Balaban J connectivity index is 3.25. The van der Waals surface area contributed by atoms with Crippen LogP contribution in [0.2, 0.25) is 0 Å². The molecule has 0 spiro atoms. The number of hydrogen-bond donors (Lipinski definition) is 9. The van der Waals surface area contributed by atoms with Gasteiger partial charge in [-0.1, -0.05) is 46.0 Å².